The minimum Gasteiger partial charge on any atom is -0.477 e. The summed E-state index contributed by atoms with van der Waals surface area (Å²) in [6.07, 6.45) is 1.33. The van der Waals surface area contributed by atoms with Crippen LogP contribution >= 0.6 is 11.3 Å². The predicted molar refractivity (Wildman–Crippen MR) is 112 cm³/mol. The van der Waals surface area contributed by atoms with Crippen LogP contribution in [0.25, 0.3) is 21.5 Å². The topological polar surface area (TPSA) is 80.0 Å². The lowest BCUT2D eigenvalue weighted by molar-refractivity contribution is 0.0697. The Morgan fingerprint density at radius 1 is 1.17 bits per heavy atom. The van der Waals surface area contributed by atoms with Crippen molar-refractivity contribution in [2.24, 2.45) is 0 Å². The van der Waals surface area contributed by atoms with Gasteiger partial charge in [0.1, 0.15) is 28.7 Å². The standard InChI is InChI=1S/C21H18F2N4O2S/c1-11-3-4-14(22)19-13(11)7-12(2)27(19)6-5-24-18-9-16(25-10-26-18)17-8-15(23)20(30-17)21(28)29/h3-4,7-10H,5-6H2,1-2H3,(H,28,29)(H,24,25,26). The number of aromatic nitrogens is 3. The van der Waals surface area contributed by atoms with Crippen LogP contribution in [0.5, 0.6) is 0 Å². The quantitative estimate of drug-likeness (QED) is 0.458. The van der Waals surface area contributed by atoms with E-state index in [2.05, 4.69) is 15.3 Å². The van der Waals surface area contributed by atoms with E-state index in [4.69, 9.17) is 5.11 Å². The van der Waals surface area contributed by atoms with E-state index < -0.39 is 11.8 Å². The molecular weight excluding hydrogens is 410 g/mol. The summed E-state index contributed by atoms with van der Waals surface area (Å²) in [5.74, 6) is -1.85. The predicted octanol–water partition coefficient (Wildman–Crippen LogP) is 4.87. The van der Waals surface area contributed by atoms with Gasteiger partial charge in [-0.05, 0) is 37.6 Å². The van der Waals surface area contributed by atoms with Crippen molar-refractivity contribution >= 4 is 34.0 Å². The van der Waals surface area contributed by atoms with Crippen LogP contribution in [0.15, 0.2) is 36.7 Å². The second-order valence-corrected chi connectivity index (χ2v) is 7.92. The van der Waals surface area contributed by atoms with Gasteiger partial charge >= 0.3 is 5.97 Å². The first-order valence-electron chi connectivity index (χ1n) is 9.19. The molecule has 0 unspecified atom stereocenters. The van der Waals surface area contributed by atoms with Crippen molar-refractivity contribution in [1.82, 2.24) is 14.5 Å². The summed E-state index contributed by atoms with van der Waals surface area (Å²) in [5.41, 5.74) is 2.98. The van der Waals surface area contributed by atoms with Crippen molar-refractivity contribution in [3.63, 3.8) is 0 Å². The molecule has 0 aliphatic heterocycles. The molecule has 0 saturated heterocycles. The number of aromatic carboxylic acids is 1. The zero-order valence-electron chi connectivity index (χ0n) is 16.2. The summed E-state index contributed by atoms with van der Waals surface area (Å²) in [5, 5.41) is 13.1. The fourth-order valence-electron chi connectivity index (χ4n) is 3.42. The minimum absolute atomic E-state index is 0.262. The Labute approximate surface area is 174 Å². The maximum absolute atomic E-state index is 14.4. The number of nitrogens with one attached hydrogen (secondary N) is 1. The molecule has 9 heteroatoms. The zero-order valence-corrected chi connectivity index (χ0v) is 17.1. The lowest BCUT2D eigenvalue weighted by Gasteiger charge is -2.11. The Morgan fingerprint density at radius 2 is 1.97 bits per heavy atom. The van der Waals surface area contributed by atoms with Crippen LogP contribution in [-0.2, 0) is 6.54 Å². The summed E-state index contributed by atoms with van der Waals surface area (Å²) in [6.45, 7) is 4.89. The number of carboxylic acids is 1. The summed E-state index contributed by atoms with van der Waals surface area (Å²) < 4.78 is 30.1. The number of fused-ring (bicyclic) bond motifs is 1. The van der Waals surface area contributed by atoms with Crippen LogP contribution in [0.4, 0.5) is 14.6 Å². The van der Waals surface area contributed by atoms with E-state index >= 15 is 0 Å². The van der Waals surface area contributed by atoms with Crippen LogP contribution in [0.2, 0.25) is 0 Å². The molecule has 0 amide bonds. The van der Waals surface area contributed by atoms with Crippen LogP contribution < -0.4 is 5.32 Å². The van der Waals surface area contributed by atoms with Crippen molar-refractivity contribution in [3.8, 4) is 10.6 Å². The lowest BCUT2D eigenvalue weighted by Crippen LogP contribution is -2.12. The third-order valence-corrected chi connectivity index (χ3v) is 6.00. The first-order chi connectivity index (χ1) is 14.3. The van der Waals surface area contributed by atoms with Crippen LogP contribution in [0, 0.1) is 25.5 Å². The molecule has 4 aromatic rings. The molecular formula is C21H18F2N4O2S. The Bertz CT molecular complexity index is 1270. The van der Waals surface area contributed by atoms with E-state index in [9.17, 15) is 13.6 Å². The van der Waals surface area contributed by atoms with Gasteiger partial charge in [0.2, 0.25) is 0 Å². The van der Waals surface area contributed by atoms with Gasteiger partial charge in [-0.1, -0.05) is 6.07 Å². The molecule has 0 spiro atoms. The summed E-state index contributed by atoms with van der Waals surface area (Å²) in [7, 11) is 0. The molecule has 30 heavy (non-hydrogen) atoms. The smallest absolute Gasteiger partial charge is 0.348 e. The van der Waals surface area contributed by atoms with E-state index in [0.29, 0.717) is 35.0 Å². The van der Waals surface area contributed by atoms with Gasteiger partial charge in [-0.3, -0.25) is 0 Å². The van der Waals surface area contributed by atoms with Gasteiger partial charge < -0.3 is 15.0 Å². The summed E-state index contributed by atoms with van der Waals surface area (Å²) in [6, 6.07) is 8.00. The Kier molecular flexibility index (Phi) is 5.21. The van der Waals surface area contributed by atoms with Crippen LogP contribution in [0.1, 0.15) is 20.9 Å². The molecule has 3 heterocycles. The average molecular weight is 428 g/mol. The highest BCUT2D eigenvalue weighted by Crippen LogP contribution is 2.30. The van der Waals surface area contributed by atoms with Crippen molar-refractivity contribution in [2.75, 3.05) is 11.9 Å². The number of halogens is 2. The Morgan fingerprint density at radius 3 is 2.70 bits per heavy atom. The fraction of sp³-hybridized carbons (Fsp3) is 0.190. The maximum atomic E-state index is 14.4. The van der Waals surface area contributed by atoms with Gasteiger partial charge in [0.15, 0.2) is 0 Å². The van der Waals surface area contributed by atoms with Gasteiger partial charge in [-0.15, -0.1) is 11.3 Å². The monoisotopic (exact) mass is 428 g/mol. The minimum atomic E-state index is -1.31. The number of hydrogen-bond donors (Lipinski definition) is 2. The van der Waals surface area contributed by atoms with E-state index in [1.165, 1.54) is 12.4 Å². The number of nitrogens with zero attached hydrogens (tertiary/aromatic N) is 3. The highest BCUT2D eigenvalue weighted by molar-refractivity contribution is 7.17. The van der Waals surface area contributed by atoms with E-state index in [0.717, 1.165) is 34.0 Å². The Hall–Kier alpha value is -3.33. The number of rotatable bonds is 6. The largest absolute Gasteiger partial charge is 0.477 e. The number of anilines is 1. The molecule has 0 bridgehead atoms. The first-order valence-corrected chi connectivity index (χ1v) is 10.0. The highest BCUT2D eigenvalue weighted by atomic mass is 32.1. The van der Waals surface area contributed by atoms with Crippen molar-refractivity contribution < 1.29 is 18.7 Å². The number of thiophene rings is 1. The lowest BCUT2D eigenvalue weighted by atomic mass is 10.1. The first kappa shape index (κ1) is 20.0. The number of carboxylic acid groups (broad SMARTS) is 1. The highest BCUT2D eigenvalue weighted by Gasteiger charge is 2.17. The summed E-state index contributed by atoms with van der Waals surface area (Å²) in [4.78, 5) is 19.4. The van der Waals surface area contributed by atoms with Crippen LogP contribution in [-0.4, -0.2) is 32.2 Å². The molecule has 0 radical (unpaired) electrons. The van der Waals surface area contributed by atoms with Crippen LogP contribution in [0.3, 0.4) is 0 Å². The molecule has 4 rings (SSSR count). The molecule has 3 aromatic heterocycles. The molecule has 6 nitrogen and oxygen atoms in total. The van der Waals surface area contributed by atoms with E-state index in [1.807, 2.05) is 24.5 Å². The van der Waals surface area contributed by atoms with Gasteiger partial charge in [-0.25, -0.2) is 23.5 Å². The molecule has 0 atom stereocenters. The van der Waals surface area contributed by atoms with Crippen molar-refractivity contribution in [2.45, 2.75) is 20.4 Å². The SMILES string of the molecule is Cc1ccc(F)c2c1cc(C)n2CCNc1cc(-c2cc(F)c(C(=O)O)s2)ncn1. The van der Waals surface area contributed by atoms with Gasteiger partial charge in [0, 0.05) is 30.2 Å². The zero-order chi connectivity index (χ0) is 21.4. The molecule has 1 aromatic carbocycles. The summed E-state index contributed by atoms with van der Waals surface area (Å²) >= 11 is 0.819. The van der Waals surface area contributed by atoms with Gasteiger partial charge in [0.05, 0.1) is 16.1 Å². The number of carbonyl (C=O) groups is 1. The number of hydrogen-bond acceptors (Lipinski definition) is 5. The maximum Gasteiger partial charge on any atom is 0.348 e. The van der Waals surface area contributed by atoms with Crippen molar-refractivity contribution in [3.05, 3.63) is 64.4 Å². The molecule has 0 saturated carbocycles. The van der Waals surface area contributed by atoms with E-state index in [1.54, 1.807) is 12.1 Å². The fourth-order valence-corrected chi connectivity index (χ4v) is 4.26. The Balaban J connectivity index is 1.52. The molecule has 0 fully saturated rings. The third kappa shape index (κ3) is 3.63. The number of aryl methyl sites for hydroxylation is 2. The van der Waals surface area contributed by atoms with Gasteiger partial charge in [-0.2, -0.15) is 0 Å². The van der Waals surface area contributed by atoms with E-state index in [-0.39, 0.29) is 10.7 Å². The molecule has 0 aliphatic rings. The second kappa shape index (κ2) is 7.83. The molecule has 154 valence electrons. The third-order valence-electron chi connectivity index (χ3n) is 4.88. The average Bonchev–Trinajstić information content (AvgIpc) is 3.26. The molecule has 0 aliphatic carbocycles. The normalized spacial score (nSPS) is 11.2. The van der Waals surface area contributed by atoms with Gasteiger partial charge in [0.25, 0.3) is 0 Å². The van der Waals surface area contributed by atoms with Crippen molar-refractivity contribution in [1.29, 1.82) is 0 Å². The second-order valence-electron chi connectivity index (χ2n) is 6.87. The molecule has 2 N–H and O–H groups in total. The number of benzene rings is 1.